The minimum atomic E-state index is 0.0558. The summed E-state index contributed by atoms with van der Waals surface area (Å²) in [5.41, 5.74) is 8.72. The van der Waals surface area contributed by atoms with Crippen LogP contribution in [0.3, 0.4) is 0 Å². The molecule has 154 valence electrons. The van der Waals surface area contributed by atoms with Crippen molar-refractivity contribution in [1.29, 1.82) is 0 Å². The normalized spacial score (nSPS) is 16.9. The van der Waals surface area contributed by atoms with Crippen LogP contribution in [0.25, 0.3) is 44.1 Å². The first-order valence-corrected chi connectivity index (χ1v) is 11.0. The fourth-order valence-corrected chi connectivity index (χ4v) is 5.88. The second-order valence-electron chi connectivity index (χ2n) is 10.4. The molecule has 3 heteroatoms. The molecule has 0 unspecified atom stereocenters. The zero-order valence-electron chi connectivity index (χ0n) is 18.7. The predicted molar refractivity (Wildman–Crippen MR) is 128 cm³/mol. The Balaban J connectivity index is 1.66. The molecule has 0 amide bonds. The maximum absolute atomic E-state index is 6.62. The average molecular weight is 407 g/mol. The van der Waals surface area contributed by atoms with Crippen molar-refractivity contribution in [2.45, 2.75) is 51.9 Å². The molecular weight excluding hydrogens is 380 g/mol. The smallest absolute Gasteiger partial charge is 0.180 e. The molecule has 3 nitrogen and oxygen atoms in total. The number of nitrogens with zero attached hydrogens (tertiary/aromatic N) is 2. The van der Waals surface area contributed by atoms with E-state index in [2.05, 4.69) is 93.1 Å². The van der Waals surface area contributed by atoms with Gasteiger partial charge in [-0.25, -0.2) is 9.97 Å². The van der Waals surface area contributed by atoms with E-state index in [0.717, 1.165) is 39.7 Å². The van der Waals surface area contributed by atoms with Crippen molar-refractivity contribution in [1.82, 2.24) is 9.97 Å². The van der Waals surface area contributed by atoms with Gasteiger partial charge in [-0.15, -0.1) is 0 Å². The number of fused-ring (bicyclic) bond motifs is 6. The topological polar surface area (TPSA) is 38.9 Å². The van der Waals surface area contributed by atoms with Gasteiger partial charge in [0.2, 0.25) is 0 Å². The first kappa shape index (κ1) is 18.6. The molecule has 6 rings (SSSR count). The quantitative estimate of drug-likeness (QED) is 0.290. The van der Waals surface area contributed by atoms with Crippen LogP contribution < -0.4 is 0 Å². The molecule has 5 aromatic rings. The summed E-state index contributed by atoms with van der Waals surface area (Å²) in [6.45, 7) is 11.4. The number of benzene rings is 3. The zero-order valence-corrected chi connectivity index (χ0v) is 18.7. The zero-order chi connectivity index (χ0) is 21.5. The summed E-state index contributed by atoms with van der Waals surface area (Å²) < 4.78 is 6.62. The van der Waals surface area contributed by atoms with Gasteiger partial charge < -0.3 is 4.42 Å². The first-order chi connectivity index (χ1) is 14.7. The number of furan rings is 1. The highest BCUT2D eigenvalue weighted by Gasteiger charge is 2.44. The Labute approximate surface area is 182 Å². The number of hydrogen-bond acceptors (Lipinski definition) is 3. The van der Waals surface area contributed by atoms with E-state index in [1.165, 1.54) is 27.5 Å². The van der Waals surface area contributed by atoms with Crippen molar-refractivity contribution in [3.8, 4) is 11.3 Å². The van der Waals surface area contributed by atoms with Gasteiger partial charge >= 0.3 is 0 Å². The van der Waals surface area contributed by atoms with Gasteiger partial charge in [0.25, 0.3) is 0 Å². The van der Waals surface area contributed by atoms with E-state index in [-0.39, 0.29) is 10.8 Å². The summed E-state index contributed by atoms with van der Waals surface area (Å²) in [5, 5.41) is 3.52. The highest BCUT2D eigenvalue weighted by Crippen LogP contribution is 2.53. The number of hydrogen-bond donors (Lipinski definition) is 0. The Hall–Kier alpha value is -3.20. The third-order valence-electron chi connectivity index (χ3n) is 6.98. The van der Waals surface area contributed by atoms with Crippen molar-refractivity contribution >= 4 is 32.8 Å². The van der Waals surface area contributed by atoms with E-state index in [9.17, 15) is 0 Å². The highest BCUT2D eigenvalue weighted by atomic mass is 16.3. The summed E-state index contributed by atoms with van der Waals surface area (Å²) in [6, 6.07) is 17.5. The summed E-state index contributed by atoms with van der Waals surface area (Å²) in [4.78, 5) is 9.29. The molecule has 0 N–H and O–H groups in total. The molecule has 0 atom stereocenters. The van der Waals surface area contributed by atoms with Gasteiger partial charge in [0.05, 0.1) is 0 Å². The van der Waals surface area contributed by atoms with Crippen molar-refractivity contribution in [3.05, 3.63) is 71.5 Å². The van der Waals surface area contributed by atoms with Crippen LogP contribution >= 0.6 is 0 Å². The van der Waals surface area contributed by atoms with Gasteiger partial charge in [0, 0.05) is 16.5 Å². The molecule has 0 fully saturated rings. The van der Waals surface area contributed by atoms with E-state index in [4.69, 9.17) is 4.42 Å². The summed E-state index contributed by atoms with van der Waals surface area (Å²) in [6.07, 6.45) is 2.77. The third kappa shape index (κ3) is 2.59. The van der Waals surface area contributed by atoms with Crippen molar-refractivity contribution in [2.24, 2.45) is 0 Å². The lowest BCUT2D eigenvalue weighted by atomic mass is 9.82. The van der Waals surface area contributed by atoms with Gasteiger partial charge in [-0.3, -0.25) is 0 Å². The van der Waals surface area contributed by atoms with E-state index in [0.29, 0.717) is 0 Å². The Morgan fingerprint density at radius 3 is 2.45 bits per heavy atom. The molecule has 0 radical (unpaired) electrons. The SMILES string of the molecule is Cc1ccc2ccc(-c3ncnc4c3oc3c5c(ccc34)C(C)(C)CC5(C)C)cc2c1. The van der Waals surface area contributed by atoms with E-state index in [1.54, 1.807) is 6.33 Å². The van der Waals surface area contributed by atoms with Crippen molar-refractivity contribution < 1.29 is 4.42 Å². The largest absolute Gasteiger partial charge is 0.452 e. The standard InChI is InChI=1S/C28H26N2O/c1-16-6-7-17-8-9-18(13-19(17)12-16)23-26-24(30-15-29-23)20-10-11-21-22(25(20)31-26)28(4,5)14-27(21,2)3/h6-13,15H,14H2,1-5H3. The Kier molecular flexibility index (Phi) is 3.56. The molecule has 0 bridgehead atoms. The third-order valence-corrected chi connectivity index (χ3v) is 6.98. The lowest BCUT2D eigenvalue weighted by Crippen LogP contribution is -2.18. The van der Waals surface area contributed by atoms with Crippen LogP contribution in [0.1, 0.15) is 50.8 Å². The molecule has 1 aliphatic carbocycles. The lowest BCUT2D eigenvalue weighted by Gasteiger charge is -2.22. The highest BCUT2D eigenvalue weighted by molar-refractivity contribution is 6.08. The van der Waals surface area contributed by atoms with Gasteiger partial charge in [-0.05, 0) is 52.6 Å². The molecule has 1 aliphatic rings. The van der Waals surface area contributed by atoms with Crippen LogP contribution in [0.5, 0.6) is 0 Å². The van der Waals surface area contributed by atoms with Crippen LogP contribution in [0.4, 0.5) is 0 Å². The molecule has 3 aromatic carbocycles. The van der Waals surface area contributed by atoms with Crippen LogP contribution in [0, 0.1) is 6.92 Å². The molecule has 2 aromatic heterocycles. The van der Waals surface area contributed by atoms with E-state index in [1.807, 2.05) is 0 Å². The van der Waals surface area contributed by atoms with Crippen LogP contribution in [0.15, 0.2) is 59.3 Å². The van der Waals surface area contributed by atoms with E-state index >= 15 is 0 Å². The number of aryl methyl sites for hydroxylation is 1. The minimum absolute atomic E-state index is 0.0558. The van der Waals surface area contributed by atoms with Gasteiger partial charge in [0.1, 0.15) is 23.1 Å². The van der Waals surface area contributed by atoms with E-state index < -0.39 is 0 Å². The fraction of sp³-hybridized carbons (Fsp3) is 0.286. The van der Waals surface area contributed by atoms with Gasteiger partial charge in [-0.2, -0.15) is 0 Å². The maximum atomic E-state index is 6.62. The fourth-order valence-electron chi connectivity index (χ4n) is 5.88. The maximum Gasteiger partial charge on any atom is 0.180 e. The summed E-state index contributed by atoms with van der Waals surface area (Å²) >= 11 is 0. The van der Waals surface area contributed by atoms with Crippen LogP contribution in [-0.4, -0.2) is 9.97 Å². The minimum Gasteiger partial charge on any atom is -0.452 e. The Morgan fingerprint density at radius 1 is 0.806 bits per heavy atom. The monoisotopic (exact) mass is 406 g/mol. The van der Waals surface area contributed by atoms with Gasteiger partial charge in [0.15, 0.2) is 5.58 Å². The lowest BCUT2D eigenvalue weighted by molar-refractivity contribution is 0.402. The summed E-state index contributed by atoms with van der Waals surface area (Å²) in [7, 11) is 0. The summed E-state index contributed by atoms with van der Waals surface area (Å²) in [5.74, 6) is 0. The van der Waals surface area contributed by atoms with Gasteiger partial charge in [-0.1, -0.05) is 69.7 Å². The molecule has 0 saturated carbocycles. The molecule has 2 heterocycles. The molecular formula is C28H26N2O. The molecule has 0 aliphatic heterocycles. The van der Waals surface area contributed by atoms with Crippen molar-refractivity contribution in [3.63, 3.8) is 0 Å². The second kappa shape index (κ2) is 5.94. The van der Waals surface area contributed by atoms with Crippen molar-refractivity contribution in [2.75, 3.05) is 0 Å². The predicted octanol–water partition coefficient (Wildman–Crippen LogP) is 7.46. The van der Waals surface area contributed by atoms with Crippen LogP contribution in [0.2, 0.25) is 0 Å². The Morgan fingerprint density at radius 2 is 1.61 bits per heavy atom. The first-order valence-electron chi connectivity index (χ1n) is 11.0. The average Bonchev–Trinajstić information content (AvgIpc) is 3.18. The molecule has 0 saturated heterocycles. The number of rotatable bonds is 1. The molecule has 0 spiro atoms. The second-order valence-corrected chi connectivity index (χ2v) is 10.4. The number of aromatic nitrogens is 2. The van der Waals surface area contributed by atoms with Crippen LogP contribution in [-0.2, 0) is 10.8 Å². The Bertz CT molecular complexity index is 1520. The molecule has 31 heavy (non-hydrogen) atoms.